The van der Waals surface area contributed by atoms with Crippen molar-refractivity contribution >= 4 is 34.5 Å². The van der Waals surface area contributed by atoms with E-state index in [0.29, 0.717) is 8.67 Å². The highest BCUT2D eigenvalue weighted by Crippen LogP contribution is 2.34. The van der Waals surface area contributed by atoms with Crippen LogP contribution in [0.3, 0.4) is 0 Å². The first-order valence-electron chi connectivity index (χ1n) is 3.06. The number of hydrogen-bond acceptors (Lipinski definition) is 3. The van der Waals surface area contributed by atoms with Gasteiger partial charge >= 0.3 is 0 Å². The van der Waals surface area contributed by atoms with E-state index in [0.717, 1.165) is 5.56 Å². The van der Waals surface area contributed by atoms with Crippen molar-refractivity contribution in [3.63, 3.8) is 0 Å². The highest BCUT2D eigenvalue weighted by Gasteiger charge is 2.10. The minimum atomic E-state index is 0.0475. The summed E-state index contributed by atoms with van der Waals surface area (Å²) in [6.07, 6.45) is 0. The molecule has 1 atom stereocenters. The Kier molecular flexibility index (Phi) is 3.16. The van der Waals surface area contributed by atoms with Crippen LogP contribution in [0.1, 0.15) is 18.5 Å². The molecular weight excluding hydrogens is 203 g/mol. The molecule has 0 radical (unpaired) electrons. The quantitative estimate of drug-likeness (QED) is 0.582. The van der Waals surface area contributed by atoms with E-state index in [9.17, 15) is 0 Å². The van der Waals surface area contributed by atoms with E-state index in [1.165, 1.54) is 11.3 Å². The molecule has 1 aromatic heterocycles. The average molecular weight is 211 g/mol. The zero-order valence-corrected chi connectivity index (χ0v) is 8.22. The third-order valence-corrected chi connectivity index (χ3v) is 2.92. The minimum Gasteiger partial charge on any atom is -0.271 e. The van der Waals surface area contributed by atoms with Crippen molar-refractivity contribution in [2.24, 2.45) is 5.84 Å². The molecule has 11 heavy (non-hydrogen) atoms. The first kappa shape index (κ1) is 9.29. The third-order valence-electron chi connectivity index (χ3n) is 1.40. The largest absolute Gasteiger partial charge is 0.271 e. The molecule has 0 bridgehead atoms. The van der Waals surface area contributed by atoms with Crippen LogP contribution in [0.4, 0.5) is 0 Å². The van der Waals surface area contributed by atoms with Crippen molar-refractivity contribution in [2.45, 2.75) is 13.0 Å². The predicted molar refractivity (Wildman–Crippen MR) is 50.1 cm³/mol. The first-order chi connectivity index (χ1) is 5.15. The van der Waals surface area contributed by atoms with Crippen LogP contribution in [-0.4, -0.2) is 0 Å². The van der Waals surface area contributed by atoms with Gasteiger partial charge in [0.15, 0.2) is 0 Å². The molecule has 62 valence electrons. The van der Waals surface area contributed by atoms with Gasteiger partial charge in [-0.3, -0.25) is 11.3 Å². The van der Waals surface area contributed by atoms with E-state index in [4.69, 9.17) is 29.0 Å². The van der Waals surface area contributed by atoms with Gasteiger partial charge in [0.05, 0.1) is 8.67 Å². The highest BCUT2D eigenvalue weighted by atomic mass is 35.5. The van der Waals surface area contributed by atoms with E-state index in [2.05, 4.69) is 5.43 Å². The smallest absolute Gasteiger partial charge is 0.0992 e. The Bertz CT molecular complexity index is 249. The van der Waals surface area contributed by atoms with Crippen molar-refractivity contribution < 1.29 is 0 Å². The zero-order chi connectivity index (χ0) is 8.43. The molecule has 0 fully saturated rings. The molecule has 1 aromatic rings. The summed E-state index contributed by atoms with van der Waals surface area (Å²) in [7, 11) is 0. The molecule has 1 rings (SSSR count). The SMILES string of the molecule is CC(NN)c1cc(Cl)sc1Cl. The van der Waals surface area contributed by atoms with Gasteiger partial charge in [0.2, 0.25) is 0 Å². The summed E-state index contributed by atoms with van der Waals surface area (Å²) in [6.45, 7) is 1.92. The Labute approximate surface area is 79.3 Å². The normalized spacial score (nSPS) is 13.5. The van der Waals surface area contributed by atoms with Gasteiger partial charge < -0.3 is 0 Å². The average Bonchev–Trinajstić information content (AvgIpc) is 2.28. The van der Waals surface area contributed by atoms with Gasteiger partial charge in [-0.25, -0.2) is 0 Å². The molecule has 5 heteroatoms. The summed E-state index contributed by atoms with van der Waals surface area (Å²) >= 11 is 12.9. The lowest BCUT2D eigenvalue weighted by Crippen LogP contribution is -2.25. The van der Waals surface area contributed by atoms with E-state index >= 15 is 0 Å². The lowest BCUT2D eigenvalue weighted by atomic mass is 10.2. The standard InChI is InChI=1S/C6H8Cl2N2S/c1-3(10-9)4-2-5(7)11-6(4)8/h2-3,10H,9H2,1H3. The maximum Gasteiger partial charge on any atom is 0.0992 e. The maximum absolute atomic E-state index is 5.86. The van der Waals surface area contributed by atoms with Crippen LogP contribution in [0.15, 0.2) is 6.07 Å². The van der Waals surface area contributed by atoms with E-state index in [1.54, 1.807) is 0 Å². The van der Waals surface area contributed by atoms with Crippen molar-refractivity contribution in [3.05, 3.63) is 20.3 Å². The summed E-state index contributed by atoms with van der Waals surface area (Å²) < 4.78 is 1.38. The number of thiophene rings is 1. The number of nitrogens with one attached hydrogen (secondary N) is 1. The number of nitrogens with two attached hydrogens (primary N) is 1. The molecule has 0 aliphatic heterocycles. The molecule has 2 nitrogen and oxygen atoms in total. The Morgan fingerprint density at radius 3 is 2.64 bits per heavy atom. The Balaban J connectivity index is 2.93. The molecule has 1 heterocycles. The summed E-state index contributed by atoms with van der Waals surface area (Å²) in [4.78, 5) is 0. The number of rotatable bonds is 2. The summed E-state index contributed by atoms with van der Waals surface area (Å²) in [6, 6.07) is 1.87. The van der Waals surface area contributed by atoms with Crippen LogP contribution < -0.4 is 11.3 Å². The van der Waals surface area contributed by atoms with Gasteiger partial charge in [-0.15, -0.1) is 11.3 Å². The van der Waals surface area contributed by atoms with Gasteiger partial charge in [-0.05, 0) is 13.0 Å². The highest BCUT2D eigenvalue weighted by molar-refractivity contribution is 7.20. The van der Waals surface area contributed by atoms with Gasteiger partial charge in [0.25, 0.3) is 0 Å². The lowest BCUT2D eigenvalue weighted by molar-refractivity contribution is 0.604. The molecule has 0 saturated heterocycles. The van der Waals surface area contributed by atoms with Crippen LogP contribution in [0.5, 0.6) is 0 Å². The monoisotopic (exact) mass is 210 g/mol. The molecule has 0 aliphatic carbocycles. The molecule has 0 amide bonds. The van der Waals surface area contributed by atoms with Crippen LogP contribution in [0, 0.1) is 0 Å². The number of hydrogen-bond donors (Lipinski definition) is 2. The lowest BCUT2D eigenvalue weighted by Gasteiger charge is -2.06. The van der Waals surface area contributed by atoms with Crippen LogP contribution in [0.2, 0.25) is 8.67 Å². The molecule has 0 aliphatic rings. The van der Waals surface area contributed by atoms with E-state index in [1.807, 2.05) is 13.0 Å². The molecular formula is C6H8Cl2N2S. The van der Waals surface area contributed by atoms with Crippen LogP contribution in [-0.2, 0) is 0 Å². The molecule has 0 spiro atoms. The number of halogens is 2. The first-order valence-corrected chi connectivity index (χ1v) is 4.63. The van der Waals surface area contributed by atoms with Gasteiger partial charge in [0.1, 0.15) is 0 Å². The zero-order valence-electron chi connectivity index (χ0n) is 5.90. The summed E-state index contributed by atoms with van der Waals surface area (Å²) in [5, 5.41) is 0. The summed E-state index contributed by atoms with van der Waals surface area (Å²) in [5.74, 6) is 5.24. The van der Waals surface area contributed by atoms with E-state index < -0.39 is 0 Å². The third kappa shape index (κ3) is 2.07. The van der Waals surface area contributed by atoms with Crippen LogP contribution in [0.25, 0.3) is 0 Å². The molecule has 3 N–H and O–H groups in total. The summed E-state index contributed by atoms with van der Waals surface area (Å²) in [5.41, 5.74) is 3.55. The molecule has 0 aromatic carbocycles. The second-order valence-corrected chi connectivity index (χ2v) is 4.45. The fourth-order valence-corrected chi connectivity index (χ4v) is 2.38. The van der Waals surface area contributed by atoms with Crippen LogP contribution >= 0.6 is 34.5 Å². The fourth-order valence-electron chi connectivity index (χ4n) is 0.738. The Morgan fingerprint density at radius 2 is 2.27 bits per heavy atom. The second-order valence-electron chi connectivity index (χ2n) is 2.17. The number of hydrazine groups is 1. The molecule has 1 unspecified atom stereocenters. The maximum atomic E-state index is 5.86. The Morgan fingerprint density at radius 1 is 1.64 bits per heavy atom. The van der Waals surface area contributed by atoms with Gasteiger partial charge in [-0.1, -0.05) is 23.2 Å². The van der Waals surface area contributed by atoms with Crippen molar-refractivity contribution in [3.8, 4) is 0 Å². The van der Waals surface area contributed by atoms with Gasteiger partial charge in [-0.2, -0.15) is 0 Å². The fraction of sp³-hybridized carbons (Fsp3) is 0.333. The van der Waals surface area contributed by atoms with Gasteiger partial charge in [0, 0.05) is 11.6 Å². The minimum absolute atomic E-state index is 0.0475. The van der Waals surface area contributed by atoms with E-state index in [-0.39, 0.29) is 6.04 Å². The van der Waals surface area contributed by atoms with Crippen molar-refractivity contribution in [1.82, 2.24) is 5.43 Å². The second kappa shape index (κ2) is 3.74. The molecule has 0 saturated carbocycles. The topological polar surface area (TPSA) is 38.0 Å². The van der Waals surface area contributed by atoms with Crippen molar-refractivity contribution in [2.75, 3.05) is 0 Å². The predicted octanol–water partition coefficient (Wildman–Crippen LogP) is 2.58. The Hall–Kier alpha value is 0.200. The van der Waals surface area contributed by atoms with Crippen molar-refractivity contribution in [1.29, 1.82) is 0 Å².